The lowest BCUT2D eigenvalue weighted by Gasteiger charge is -2.20. The maximum Gasteiger partial charge on any atom is 0.236 e. The molecule has 0 spiro atoms. The number of fused-ring (bicyclic) bond motifs is 1. The van der Waals surface area contributed by atoms with Gasteiger partial charge in [0.25, 0.3) is 0 Å². The van der Waals surface area contributed by atoms with Gasteiger partial charge in [-0.1, -0.05) is 23.8 Å². The van der Waals surface area contributed by atoms with Gasteiger partial charge in [0.2, 0.25) is 5.91 Å². The van der Waals surface area contributed by atoms with Crippen molar-refractivity contribution in [2.75, 3.05) is 7.05 Å². The third kappa shape index (κ3) is 3.10. The summed E-state index contributed by atoms with van der Waals surface area (Å²) in [4.78, 5) is 19.7. The number of aromatic nitrogens is 1. The van der Waals surface area contributed by atoms with Crippen LogP contribution in [-0.2, 0) is 17.8 Å². The highest BCUT2D eigenvalue weighted by molar-refractivity contribution is 8.01. The highest BCUT2D eigenvalue weighted by Crippen LogP contribution is 2.38. The van der Waals surface area contributed by atoms with Gasteiger partial charge >= 0.3 is 0 Å². The van der Waals surface area contributed by atoms with Crippen LogP contribution in [0.4, 0.5) is 0 Å². The molecule has 3 rings (SSSR count). The highest BCUT2D eigenvalue weighted by atomic mass is 32.2. The Morgan fingerprint density at radius 2 is 2.29 bits per heavy atom. The molecule has 0 radical (unpaired) electrons. The van der Waals surface area contributed by atoms with Crippen LogP contribution in [0.3, 0.4) is 0 Å². The van der Waals surface area contributed by atoms with E-state index in [1.54, 1.807) is 22.9 Å². The molecule has 1 unspecified atom stereocenters. The van der Waals surface area contributed by atoms with Crippen molar-refractivity contribution in [3.63, 3.8) is 0 Å². The Balaban J connectivity index is 1.67. The van der Waals surface area contributed by atoms with E-state index in [0.717, 1.165) is 12.0 Å². The van der Waals surface area contributed by atoms with E-state index in [9.17, 15) is 4.79 Å². The number of nitrogens with zero attached hydrogens (tertiary/aromatic N) is 2. The summed E-state index contributed by atoms with van der Waals surface area (Å²) in [7, 11) is 1.87. The number of carbonyl (C=O) groups is 1. The summed E-state index contributed by atoms with van der Waals surface area (Å²) in [5.74, 6) is 0.192. The van der Waals surface area contributed by atoms with Gasteiger partial charge in [0.05, 0.1) is 5.25 Å². The average molecular weight is 298 g/mol. The molecule has 2 heterocycles. The Morgan fingerprint density at radius 3 is 3.05 bits per heavy atom. The first-order valence-electron chi connectivity index (χ1n) is 7.03. The topological polar surface area (TPSA) is 33.2 Å². The molecule has 1 aliphatic heterocycles. The van der Waals surface area contributed by atoms with Gasteiger partial charge in [0, 0.05) is 30.9 Å². The number of aryl methyl sites for hydroxylation is 1. The minimum atomic E-state index is 0.00321. The molecule has 21 heavy (non-hydrogen) atoms. The standard InChI is InChI=1S/C17H18N2OS/c1-12-5-6-14-9-16(21-15(14)8-12)17(20)19(2)11-13-4-3-7-18-10-13/h3-8,10,16H,9,11H2,1-2H3. The number of hydrogen-bond acceptors (Lipinski definition) is 3. The van der Waals surface area contributed by atoms with E-state index in [0.29, 0.717) is 6.54 Å². The zero-order valence-corrected chi connectivity index (χ0v) is 13.1. The summed E-state index contributed by atoms with van der Waals surface area (Å²) in [5, 5.41) is 0.00321. The highest BCUT2D eigenvalue weighted by Gasteiger charge is 2.30. The number of benzene rings is 1. The Morgan fingerprint density at radius 1 is 1.43 bits per heavy atom. The van der Waals surface area contributed by atoms with E-state index in [4.69, 9.17) is 0 Å². The van der Waals surface area contributed by atoms with Crippen molar-refractivity contribution in [2.24, 2.45) is 0 Å². The van der Waals surface area contributed by atoms with Crippen molar-refractivity contribution in [3.05, 3.63) is 59.4 Å². The summed E-state index contributed by atoms with van der Waals surface area (Å²) in [6.45, 7) is 2.70. The van der Waals surface area contributed by atoms with Crippen LogP contribution in [0.5, 0.6) is 0 Å². The van der Waals surface area contributed by atoms with Crippen molar-refractivity contribution in [1.29, 1.82) is 0 Å². The normalized spacial score (nSPS) is 16.6. The molecule has 0 fully saturated rings. The first kappa shape index (κ1) is 14.1. The molecule has 2 aromatic rings. The minimum Gasteiger partial charge on any atom is -0.340 e. The van der Waals surface area contributed by atoms with Gasteiger partial charge in [-0.25, -0.2) is 0 Å². The van der Waals surface area contributed by atoms with E-state index < -0.39 is 0 Å². The van der Waals surface area contributed by atoms with Gasteiger partial charge in [0.1, 0.15) is 0 Å². The van der Waals surface area contributed by atoms with E-state index in [-0.39, 0.29) is 11.2 Å². The van der Waals surface area contributed by atoms with E-state index in [2.05, 4.69) is 30.1 Å². The molecule has 108 valence electrons. The molecule has 0 saturated carbocycles. The lowest BCUT2D eigenvalue weighted by molar-refractivity contribution is -0.129. The van der Waals surface area contributed by atoms with E-state index in [1.165, 1.54) is 16.0 Å². The zero-order valence-electron chi connectivity index (χ0n) is 12.2. The molecule has 0 bridgehead atoms. The van der Waals surface area contributed by atoms with Gasteiger partial charge in [-0.2, -0.15) is 0 Å². The molecule has 1 aliphatic rings. The van der Waals surface area contributed by atoms with Crippen molar-refractivity contribution in [3.8, 4) is 0 Å². The second kappa shape index (κ2) is 5.90. The number of pyridine rings is 1. The number of hydrogen-bond donors (Lipinski definition) is 0. The molecular formula is C17H18N2OS. The first-order chi connectivity index (χ1) is 10.1. The smallest absolute Gasteiger partial charge is 0.236 e. The fourth-order valence-corrected chi connectivity index (χ4v) is 3.97. The quantitative estimate of drug-likeness (QED) is 0.873. The van der Waals surface area contributed by atoms with Crippen LogP contribution >= 0.6 is 11.8 Å². The maximum absolute atomic E-state index is 12.6. The van der Waals surface area contributed by atoms with Crippen LogP contribution in [0, 0.1) is 6.92 Å². The van der Waals surface area contributed by atoms with Crippen molar-refractivity contribution in [2.45, 2.75) is 30.0 Å². The van der Waals surface area contributed by atoms with Gasteiger partial charge in [-0.15, -0.1) is 11.8 Å². The predicted molar refractivity (Wildman–Crippen MR) is 85.2 cm³/mol. The third-order valence-electron chi connectivity index (χ3n) is 3.69. The minimum absolute atomic E-state index is 0.00321. The lowest BCUT2D eigenvalue weighted by Crippen LogP contribution is -2.34. The summed E-state index contributed by atoms with van der Waals surface area (Å²) >= 11 is 1.69. The van der Waals surface area contributed by atoms with Crippen molar-refractivity contribution >= 4 is 17.7 Å². The molecule has 1 aromatic heterocycles. The number of carbonyl (C=O) groups excluding carboxylic acids is 1. The van der Waals surface area contributed by atoms with Gasteiger partial charge in [0.15, 0.2) is 0 Å². The monoisotopic (exact) mass is 298 g/mol. The summed E-state index contributed by atoms with van der Waals surface area (Å²) in [6, 6.07) is 10.3. The fraction of sp³-hybridized carbons (Fsp3) is 0.294. The Labute approximate surface area is 129 Å². The molecule has 0 N–H and O–H groups in total. The Bertz CT molecular complexity index is 657. The average Bonchev–Trinajstić information content (AvgIpc) is 2.90. The molecule has 1 atom stereocenters. The van der Waals surface area contributed by atoms with Crippen molar-refractivity contribution < 1.29 is 4.79 Å². The lowest BCUT2D eigenvalue weighted by atomic mass is 10.1. The first-order valence-corrected chi connectivity index (χ1v) is 7.91. The van der Waals surface area contributed by atoms with Crippen LogP contribution in [0.1, 0.15) is 16.7 Å². The summed E-state index contributed by atoms with van der Waals surface area (Å²) < 4.78 is 0. The molecule has 1 aromatic carbocycles. The second-order valence-electron chi connectivity index (χ2n) is 5.48. The summed E-state index contributed by atoms with van der Waals surface area (Å²) in [6.07, 6.45) is 4.39. The second-order valence-corrected chi connectivity index (χ2v) is 6.72. The Kier molecular flexibility index (Phi) is 3.97. The van der Waals surface area contributed by atoms with Crippen molar-refractivity contribution in [1.82, 2.24) is 9.88 Å². The largest absolute Gasteiger partial charge is 0.340 e. The molecule has 4 heteroatoms. The van der Waals surface area contributed by atoms with Gasteiger partial charge < -0.3 is 4.90 Å². The molecule has 0 saturated heterocycles. The Hall–Kier alpha value is -1.81. The fourth-order valence-electron chi connectivity index (χ4n) is 2.56. The van der Waals surface area contributed by atoms with Crippen LogP contribution < -0.4 is 0 Å². The van der Waals surface area contributed by atoms with Gasteiger partial charge in [-0.3, -0.25) is 9.78 Å². The number of thioether (sulfide) groups is 1. The molecule has 3 nitrogen and oxygen atoms in total. The number of rotatable bonds is 3. The molecule has 1 amide bonds. The zero-order chi connectivity index (χ0) is 14.8. The predicted octanol–water partition coefficient (Wildman–Crippen LogP) is 3.07. The van der Waals surface area contributed by atoms with Gasteiger partial charge in [-0.05, 0) is 36.6 Å². The van der Waals surface area contributed by atoms with Crippen LogP contribution in [-0.4, -0.2) is 28.1 Å². The van der Waals surface area contributed by atoms with Crippen LogP contribution in [0.15, 0.2) is 47.6 Å². The number of amides is 1. The molecular weight excluding hydrogens is 280 g/mol. The maximum atomic E-state index is 12.6. The van der Waals surface area contributed by atoms with E-state index >= 15 is 0 Å². The molecule has 0 aliphatic carbocycles. The SMILES string of the molecule is Cc1ccc2c(c1)SC(C(=O)N(C)Cc1cccnc1)C2. The van der Waals surface area contributed by atoms with Crippen LogP contribution in [0.2, 0.25) is 0 Å². The van der Waals surface area contributed by atoms with Crippen LogP contribution in [0.25, 0.3) is 0 Å². The van der Waals surface area contributed by atoms with E-state index in [1.807, 2.05) is 25.4 Å². The third-order valence-corrected chi connectivity index (χ3v) is 4.98. The summed E-state index contributed by atoms with van der Waals surface area (Å²) in [5.41, 5.74) is 3.60.